The van der Waals surface area contributed by atoms with Gasteiger partial charge in [-0.05, 0) is 18.1 Å². The first kappa shape index (κ1) is 27.5. The highest BCUT2D eigenvalue weighted by atomic mass is 28.4. The van der Waals surface area contributed by atoms with Crippen molar-refractivity contribution in [2.45, 2.75) is 115 Å². The summed E-state index contributed by atoms with van der Waals surface area (Å²) in [4.78, 5) is 23.7. The molecule has 2 saturated heterocycles. The fraction of sp³-hybridized carbons (Fsp3) is 0.792. The van der Waals surface area contributed by atoms with Crippen LogP contribution in [0.2, 0.25) is 28.2 Å². The third-order valence-electron chi connectivity index (χ3n) is 7.97. The molecule has 2 aliphatic rings. The number of imidazole rings is 1. The van der Waals surface area contributed by atoms with Crippen molar-refractivity contribution in [2.75, 3.05) is 12.3 Å². The molecule has 0 amide bonds. The summed E-state index contributed by atoms with van der Waals surface area (Å²) in [5.41, 5.74) is 6.06. The molecule has 12 heteroatoms. The number of aromatic amines is 1. The van der Waals surface area contributed by atoms with E-state index in [0.717, 1.165) is 0 Å². The lowest BCUT2D eigenvalue weighted by Crippen LogP contribution is -2.66. The summed E-state index contributed by atoms with van der Waals surface area (Å²) in [6, 6.07) is 0. The van der Waals surface area contributed by atoms with Crippen molar-refractivity contribution in [1.82, 2.24) is 19.5 Å². The number of nitrogens with zero attached hydrogens (tertiary/aromatic N) is 3. The molecule has 36 heavy (non-hydrogen) atoms. The molecule has 2 aromatic heterocycles. The zero-order valence-corrected chi connectivity index (χ0v) is 25.6. The molecule has 0 aliphatic carbocycles. The number of ether oxygens (including phenoxy) is 1. The zero-order chi connectivity index (χ0) is 27.1. The Labute approximate surface area is 215 Å². The molecule has 2 fully saturated rings. The number of rotatable bonds is 3. The largest absolute Gasteiger partial charge is 0.407 e. The molecule has 10 nitrogen and oxygen atoms in total. The summed E-state index contributed by atoms with van der Waals surface area (Å²) < 4.78 is 29.2. The molecule has 2 aliphatic heterocycles. The van der Waals surface area contributed by atoms with E-state index in [9.17, 15) is 4.79 Å². The van der Waals surface area contributed by atoms with Gasteiger partial charge in [0.15, 0.2) is 25.7 Å². The van der Waals surface area contributed by atoms with Gasteiger partial charge in [0.2, 0.25) is 5.95 Å². The van der Waals surface area contributed by atoms with Crippen LogP contribution < -0.4 is 11.3 Å². The molecular weight excluding hydrogens is 494 g/mol. The van der Waals surface area contributed by atoms with Crippen LogP contribution in [0.4, 0.5) is 5.95 Å². The van der Waals surface area contributed by atoms with Gasteiger partial charge >= 0.3 is 8.56 Å². The van der Waals surface area contributed by atoms with Crippen LogP contribution in [0.3, 0.4) is 0 Å². The molecule has 2 aromatic rings. The second-order valence-corrected chi connectivity index (χ2v) is 23.2. The van der Waals surface area contributed by atoms with Crippen molar-refractivity contribution in [3.8, 4) is 0 Å². The second-order valence-electron chi connectivity index (χ2n) is 13.7. The van der Waals surface area contributed by atoms with Crippen molar-refractivity contribution in [3.05, 3.63) is 16.7 Å². The topological polar surface area (TPSA) is 127 Å². The lowest BCUT2D eigenvalue weighted by atomic mass is 10.1. The SMILES string of the molecule is CC(C)(C)[Si](C)(C)OC1C2O[Si](C(C)(C)C)(C(C)(C)C)OCC2OC1n1cnc2c(=O)[nH]c(N)nc21. The van der Waals surface area contributed by atoms with Crippen LogP contribution in [0.1, 0.15) is 68.5 Å². The number of hydrogen-bond acceptors (Lipinski definition) is 8. The maximum Gasteiger partial charge on any atom is 0.349 e. The van der Waals surface area contributed by atoms with Gasteiger partial charge in [-0.3, -0.25) is 14.3 Å². The molecule has 0 radical (unpaired) electrons. The first-order valence-corrected chi connectivity index (χ1v) is 17.4. The molecule has 0 spiro atoms. The number of hydrogen-bond donors (Lipinski definition) is 2. The van der Waals surface area contributed by atoms with E-state index >= 15 is 0 Å². The van der Waals surface area contributed by atoms with Crippen molar-refractivity contribution in [2.24, 2.45) is 0 Å². The van der Waals surface area contributed by atoms with Crippen molar-refractivity contribution in [3.63, 3.8) is 0 Å². The van der Waals surface area contributed by atoms with Crippen molar-refractivity contribution in [1.29, 1.82) is 0 Å². The van der Waals surface area contributed by atoms with Gasteiger partial charge in [-0.2, -0.15) is 4.98 Å². The van der Waals surface area contributed by atoms with Crippen LogP contribution in [-0.2, 0) is 18.0 Å². The van der Waals surface area contributed by atoms with E-state index in [1.807, 2.05) is 0 Å². The lowest BCUT2D eigenvalue weighted by Gasteiger charge is -2.54. The molecule has 3 N–H and O–H groups in total. The van der Waals surface area contributed by atoms with Gasteiger partial charge in [-0.15, -0.1) is 0 Å². The number of H-pyrrole nitrogens is 1. The third-order valence-corrected chi connectivity index (χ3v) is 17.6. The molecular formula is C24H43N5O5Si2. The van der Waals surface area contributed by atoms with Gasteiger partial charge in [-0.25, -0.2) is 4.98 Å². The summed E-state index contributed by atoms with van der Waals surface area (Å²) in [7, 11) is -5.04. The van der Waals surface area contributed by atoms with E-state index in [1.54, 1.807) is 10.9 Å². The normalized spacial score (nSPS) is 27.4. The summed E-state index contributed by atoms with van der Waals surface area (Å²) in [6.07, 6.45) is -0.112. The average molecular weight is 538 g/mol. The predicted molar refractivity (Wildman–Crippen MR) is 145 cm³/mol. The Bertz CT molecular complexity index is 1180. The molecule has 0 aromatic carbocycles. The van der Waals surface area contributed by atoms with Gasteiger partial charge in [0.1, 0.15) is 18.3 Å². The Morgan fingerprint density at radius 3 is 2.31 bits per heavy atom. The monoisotopic (exact) mass is 537 g/mol. The highest BCUT2D eigenvalue weighted by Gasteiger charge is 2.66. The van der Waals surface area contributed by atoms with E-state index in [-0.39, 0.29) is 44.3 Å². The number of anilines is 1. The Kier molecular flexibility index (Phi) is 6.46. The van der Waals surface area contributed by atoms with Gasteiger partial charge < -0.3 is 23.7 Å². The maximum atomic E-state index is 12.5. The maximum absolute atomic E-state index is 12.5. The van der Waals surface area contributed by atoms with Crippen LogP contribution in [-0.4, -0.2) is 61.3 Å². The highest BCUT2D eigenvalue weighted by Crippen LogP contribution is 2.56. The Morgan fingerprint density at radius 2 is 1.75 bits per heavy atom. The Balaban J connectivity index is 1.84. The Morgan fingerprint density at radius 1 is 1.14 bits per heavy atom. The molecule has 4 unspecified atom stereocenters. The summed E-state index contributed by atoms with van der Waals surface area (Å²) >= 11 is 0. The first-order valence-electron chi connectivity index (χ1n) is 12.7. The van der Waals surface area contributed by atoms with Crippen LogP contribution in [0.5, 0.6) is 0 Å². The molecule has 0 saturated carbocycles. The molecule has 4 atom stereocenters. The lowest BCUT2D eigenvalue weighted by molar-refractivity contribution is -0.0795. The Hall–Kier alpha value is -1.58. The van der Waals surface area contributed by atoms with E-state index in [0.29, 0.717) is 12.3 Å². The summed E-state index contributed by atoms with van der Waals surface area (Å²) in [5.74, 6) is 0.0259. The van der Waals surface area contributed by atoms with Gasteiger partial charge in [0.05, 0.1) is 12.9 Å². The average Bonchev–Trinajstić information content (AvgIpc) is 3.26. The van der Waals surface area contributed by atoms with E-state index in [4.69, 9.17) is 23.7 Å². The van der Waals surface area contributed by atoms with Crippen molar-refractivity contribution >= 4 is 34.0 Å². The number of aromatic nitrogens is 4. The van der Waals surface area contributed by atoms with Gasteiger partial charge in [0.25, 0.3) is 5.56 Å². The van der Waals surface area contributed by atoms with Gasteiger partial charge in [-0.1, -0.05) is 62.3 Å². The first-order chi connectivity index (χ1) is 16.3. The van der Waals surface area contributed by atoms with Gasteiger partial charge in [0, 0.05) is 10.1 Å². The number of nitrogens with two attached hydrogens (primary N) is 1. The second kappa shape index (κ2) is 8.47. The molecule has 4 rings (SSSR count). The molecule has 0 bridgehead atoms. The molecule has 202 valence electrons. The standard InChI is InChI=1S/C24H43N5O5Si2/c1-22(2,3)35(10,11)33-17-16-14(12-31-36(34-16,23(4,5)6)24(7,8)9)32-20(17)29-13-26-15-18(29)27-21(25)28-19(15)30/h13-14,16-17,20H,12H2,1-11H3,(H3,25,27,28,30). The van der Waals surface area contributed by atoms with Crippen LogP contribution in [0, 0.1) is 0 Å². The van der Waals surface area contributed by atoms with E-state index < -0.39 is 29.2 Å². The third kappa shape index (κ3) is 4.29. The summed E-state index contributed by atoms with van der Waals surface area (Å²) in [5, 5.41) is -0.387. The van der Waals surface area contributed by atoms with E-state index in [1.165, 1.54) is 0 Å². The van der Waals surface area contributed by atoms with Crippen LogP contribution >= 0.6 is 0 Å². The minimum atomic E-state index is -2.78. The fourth-order valence-electron chi connectivity index (χ4n) is 5.32. The predicted octanol–water partition coefficient (Wildman–Crippen LogP) is 4.45. The minimum Gasteiger partial charge on any atom is -0.407 e. The smallest absolute Gasteiger partial charge is 0.349 e. The van der Waals surface area contributed by atoms with Crippen LogP contribution in [0.15, 0.2) is 11.1 Å². The minimum absolute atomic E-state index is 0.0259. The number of nitrogens with one attached hydrogen (secondary N) is 1. The van der Waals surface area contributed by atoms with Crippen molar-refractivity contribution < 1.29 is 18.0 Å². The van der Waals surface area contributed by atoms with Crippen LogP contribution in [0.25, 0.3) is 11.2 Å². The fourth-order valence-corrected chi connectivity index (χ4v) is 11.6. The quantitative estimate of drug-likeness (QED) is 0.550. The number of nitrogen functional groups attached to an aromatic ring is 1. The highest BCUT2D eigenvalue weighted by molar-refractivity contribution is 6.74. The van der Waals surface area contributed by atoms with E-state index in [2.05, 4.69) is 90.4 Å². The summed E-state index contributed by atoms with van der Waals surface area (Å²) in [6.45, 7) is 24.7. The molecule has 4 heterocycles. The zero-order valence-electron chi connectivity index (χ0n) is 23.6. The number of fused-ring (bicyclic) bond motifs is 2.